The topological polar surface area (TPSA) is 42.6 Å². The highest BCUT2D eigenvalue weighted by atomic mass is 15.2. The molecule has 3 N–H and O–H groups in total. The zero-order valence-electron chi connectivity index (χ0n) is 13.2. The van der Waals surface area contributed by atoms with Crippen molar-refractivity contribution in [2.45, 2.75) is 25.8 Å². The van der Waals surface area contributed by atoms with E-state index in [0.29, 0.717) is 6.04 Å². The molecule has 0 amide bonds. The minimum absolute atomic E-state index is 0.688. The molecule has 2 saturated heterocycles. The third kappa shape index (κ3) is 6.06. The summed E-state index contributed by atoms with van der Waals surface area (Å²) in [6.45, 7) is 15.4. The maximum atomic E-state index is 3.75. The number of nitrogens with zero attached hydrogens (tertiary/aromatic N) is 2. The second-order valence-corrected chi connectivity index (χ2v) is 6.03. The van der Waals surface area contributed by atoms with E-state index in [-0.39, 0.29) is 0 Å². The van der Waals surface area contributed by atoms with Crippen molar-refractivity contribution >= 4 is 0 Å². The van der Waals surface area contributed by atoms with Gasteiger partial charge in [-0.05, 0) is 19.4 Å². The Morgan fingerprint density at radius 1 is 0.900 bits per heavy atom. The summed E-state index contributed by atoms with van der Waals surface area (Å²) in [4.78, 5) is 5.16. The van der Waals surface area contributed by atoms with E-state index < -0.39 is 0 Å². The SMILES string of the molecule is CCC(CCN1CCNCC1)NCCN1CCNCC1. The van der Waals surface area contributed by atoms with Gasteiger partial charge in [-0.2, -0.15) is 0 Å². The van der Waals surface area contributed by atoms with Crippen molar-refractivity contribution in [3.8, 4) is 0 Å². The lowest BCUT2D eigenvalue weighted by Crippen LogP contribution is -2.47. The van der Waals surface area contributed by atoms with Crippen LogP contribution in [-0.2, 0) is 0 Å². The number of hydrogen-bond donors (Lipinski definition) is 3. The van der Waals surface area contributed by atoms with Crippen molar-refractivity contribution < 1.29 is 0 Å². The second-order valence-electron chi connectivity index (χ2n) is 6.03. The predicted molar refractivity (Wildman–Crippen MR) is 85.3 cm³/mol. The first kappa shape index (κ1) is 16.2. The van der Waals surface area contributed by atoms with Crippen molar-refractivity contribution in [3.63, 3.8) is 0 Å². The molecule has 118 valence electrons. The number of rotatable bonds is 8. The van der Waals surface area contributed by atoms with Crippen LogP contribution < -0.4 is 16.0 Å². The van der Waals surface area contributed by atoms with E-state index in [9.17, 15) is 0 Å². The zero-order valence-corrected chi connectivity index (χ0v) is 13.2. The van der Waals surface area contributed by atoms with Gasteiger partial charge in [-0.3, -0.25) is 4.90 Å². The summed E-state index contributed by atoms with van der Waals surface area (Å²) < 4.78 is 0. The molecule has 2 rings (SSSR count). The number of nitrogens with one attached hydrogen (secondary N) is 3. The number of piperazine rings is 2. The van der Waals surface area contributed by atoms with Gasteiger partial charge in [0.2, 0.25) is 0 Å². The Morgan fingerprint density at radius 3 is 2.00 bits per heavy atom. The number of hydrogen-bond acceptors (Lipinski definition) is 5. The van der Waals surface area contributed by atoms with Gasteiger partial charge in [0.15, 0.2) is 0 Å². The van der Waals surface area contributed by atoms with Crippen LogP contribution in [0, 0.1) is 0 Å². The van der Waals surface area contributed by atoms with Gasteiger partial charge in [0, 0.05) is 71.5 Å². The van der Waals surface area contributed by atoms with Crippen LogP contribution in [0.1, 0.15) is 19.8 Å². The minimum atomic E-state index is 0.688. The van der Waals surface area contributed by atoms with E-state index in [4.69, 9.17) is 0 Å². The summed E-state index contributed by atoms with van der Waals surface area (Å²) in [6.07, 6.45) is 2.53. The first-order chi connectivity index (χ1) is 9.88. The summed E-state index contributed by atoms with van der Waals surface area (Å²) in [5.74, 6) is 0. The molecule has 1 atom stereocenters. The quantitative estimate of drug-likeness (QED) is 0.563. The van der Waals surface area contributed by atoms with Crippen LogP contribution in [0.2, 0.25) is 0 Å². The largest absolute Gasteiger partial charge is 0.314 e. The Kier molecular flexibility index (Phi) is 7.83. The van der Waals surface area contributed by atoms with Crippen molar-refractivity contribution in [3.05, 3.63) is 0 Å². The molecule has 2 heterocycles. The third-order valence-electron chi connectivity index (χ3n) is 4.57. The van der Waals surface area contributed by atoms with Crippen LogP contribution >= 0.6 is 0 Å². The van der Waals surface area contributed by atoms with Gasteiger partial charge in [0.25, 0.3) is 0 Å². The fourth-order valence-corrected chi connectivity index (χ4v) is 3.09. The van der Waals surface area contributed by atoms with Crippen LogP contribution in [0.4, 0.5) is 0 Å². The van der Waals surface area contributed by atoms with Gasteiger partial charge in [0.05, 0.1) is 0 Å². The normalized spacial score (nSPS) is 23.9. The summed E-state index contributed by atoms with van der Waals surface area (Å²) in [7, 11) is 0. The third-order valence-corrected chi connectivity index (χ3v) is 4.57. The highest BCUT2D eigenvalue weighted by Crippen LogP contribution is 2.02. The maximum Gasteiger partial charge on any atom is 0.0108 e. The predicted octanol–water partition coefficient (Wildman–Crippen LogP) is -0.445. The molecule has 0 bridgehead atoms. The van der Waals surface area contributed by atoms with Crippen LogP contribution in [0.3, 0.4) is 0 Å². The summed E-state index contributed by atoms with van der Waals surface area (Å²) in [5.41, 5.74) is 0. The monoisotopic (exact) mass is 283 g/mol. The zero-order chi connectivity index (χ0) is 14.0. The van der Waals surface area contributed by atoms with Crippen LogP contribution in [0.15, 0.2) is 0 Å². The molecule has 2 fully saturated rings. The van der Waals surface area contributed by atoms with E-state index >= 15 is 0 Å². The molecule has 2 aliphatic rings. The molecule has 5 heteroatoms. The Bertz CT molecular complexity index is 236. The lowest BCUT2D eigenvalue weighted by molar-refractivity contribution is 0.218. The standard InChI is InChI=1S/C15H33N5/c1-2-15(3-9-19-10-4-16-5-11-19)18-8-14-20-12-6-17-7-13-20/h15-18H,2-14H2,1H3. The first-order valence-electron chi connectivity index (χ1n) is 8.48. The summed E-state index contributed by atoms with van der Waals surface area (Å²) in [6, 6.07) is 0.688. The molecule has 0 aliphatic carbocycles. The molecule has 0 saturated carbocycles. The van der Waals surface area contributed by atoms with Crippen molar-refractivity contribution in [2.75, 3.05) is 72.0 Å². The van der Waals surface area contributed by atoms with Crippen molar-refractivity contribution in [1.82, 2.24) is 25.8 Å². The highest BCUT2D eigenvalue weighted by Gasteiger charge is 2.13. The minimum Gasteiger partial charge on any atom is -0.314 e. The lowest BCUT2D eigenvalue weighted by atomic mass is 10.1. The molecule has 0 aromatic carbocycles. The highest BCUT2D eigenvalue weighted by molar-refractivity contribution is 4.74. The van der Waals surface area contributed by atoms with E-state index in [1.807, 2.05) is 0 Å². The van der Waals surface area contributed by atoms with Crippen LogP contribution in [0.25, 0.3) is 0 Å². The average molecular weight is 283 g/mol. The van der Waals surface area contributed by atoms with Gasteiger partial charge < -0.3 is 20.9 Å². The van der Waals surface area contributed by atoms with Gasteiger partial charge in [-0.15, -0.1) is 0 Å². The molecule has 5 nitrogen and oxygen atoms in total. The molecular formula is C15H33N5. The fourth-order valence-electron chi connectivity index (χ4n) is 3.09. The Morgan fingerprint density at radius 2 is 1.45 bits per heavy atom. The first-order valence-corrected chi connectivity index (χ1v) is 8.48. The van der Waals surface area contributed by atoms with E-state index in [1.165, 1.54) is 52.1 Å². The Labute approximate surface area is 124 Å². The molecule has 0 aromatic heterocycles. The van der Waals surface area contributed by atoms with E-state index in [2.05, 4.69) is 32.7 Å². The summed E-state index contributed by atoms with van der Waals surface area (Å²) >= 11 is 0. The fraction of sp³-hybridized carbons (Fsp3) is 1.00. The Balaban J connectivity index is 1.54. The molecule has 2 aliphatic heterocycles. The molecule has 20 heavy (non-hydrogen) atoms. The average Bonchev–Trinajstić information content (AvgIpc) is 2.52. The van der Waals surface area contributed by atoms with E-state index in [0.717, 1.165) is 32.7 Å². The van der Waals surface area contributed by atoms with Gasteiger partial charge in [-0.1, -0.05) is 6.92 Å². The molecule has 1 unspecified atom stereocenters. The van der Waals surface area contributed by atoms with Gasteiger partial charge in [0.1, 0.15) is 0 Å². The van der Waals surface area contributed by atoms with Gasteiger partial charge in [-0.25, -0.2) is 0 Å². The lowest BCUT2D eigenvalue weighted by Gasteiger charge is -2.30. The molecular weight excluding hydrogens is 250 g/mol. The molecule has 0 radical (unpaired) electrons. The second kappa shape index (κ2) is 9.68. The van der Waals surface area contributed by atoms with Crippen LogP contribution in [-0.4, -0.2) is 87.8 Å². The van der Waals surface area contributed by atoms with Crippen molar-refractivity contribution in [2.24, 2.45) is 0 Å². The summed E-state index contributed by atoms with van der Waals surface area (Å²) in [5, 5.41) is 10.6. The van der Waals surface area contributed by atoms with Gasteiger partial charge >= 0.3 is 0 Å². The Hall–Kier alpha value is -0.200. The molecule has 0 aromatic rings. The maximum absolute atomic E-state index is 3.75. The van der Waals surface area contributed by atoms with Crippen molar-refractivity contribution in [1.29, 1.82) is 0 Å². The smallest absolute Gasteiger partial charge is 0.0108 e. The molecule has 0 spiro atoms. The van der Waals surface area contributed by atoms with Crippen LogP contribution in [0.5, 0.6) is 0 Å². The van der Waals surface area contributed by atoms with E-state index in [1.54, 1.807) is 0 Å².